The van der Waals surface area contributed by atoms with E-state index in [1.165, 1.54) is 12.3 Å². The van der Waals surface area contributed by atoms with Crippen LogP contribution in [0, 0.1) is 0 Å². The highest BCUT2D eigenvalue weighted by molar-refractivity contribution is 5.83. The van der Waals surface area contributed by atoms with Crippen LogP contribution in [-0.4, -0.2) is 110 Å². The minimum atomic E-state index is -0.810. The van der Waals surface area contributed by atoms with Gasteiger partial charge in [0, 0.05) is 19.9 Å². The van der Waals surface area contributed by atoms with Crippen LogP contribution >= 0.6 is 0 Å². The topological polar surface area (TPSA) is 177 Å². The van der Waals surface area contributed by atoms with E-state index in [1.807, 2.05) is 6.92 Å². The van der Waals surface area contributed by atoms with E-state index in [2.05, 4.69) is 15.6 Å². The fraction of sp³-hybridized carbons (Fsp3) is 0.680. The molecule has 1 unspecified atom stereocenters. The van der Waals surface area contributed by atoms with Gasteiger partial charge in [-0.15, -0.1) is 0 Å². The van der Waals surface area contributed by atoms with Gasteiger partial charge in [-0.1, -0.05) is 6.92 Å². The third kappa shape index (κ3) is 15.1. The van der Waals surface area contributed by atoms with Gasteiger partial charge < -0.3 is 33.9 Å². The van der Waals surface area contributed by atoms with E-state index < -0.39 is 48.4 Å². The molecule has 1 atom stereocenters. The van der Waals surface area contributed by atoms with Gasteiger partial charge in [0.2, 0.25) is 12.3 Å². The van der Waals surface area contributed by atoms with Gasteiger partial charge in [-0.2, -0.15) is 4.98 Å². The Bertz CT molecular complexity index is 995. The molecule has 0 aliphatic heterocycles. The maximum Gasteiger partial charge on any atom is 0.413 e. The monoisotopic (exact) mass is 571 g/mol. The molecule has 40 heavy (non-hydrogen) atoms. The van der Waals surface area contributed by atoms with E-state index in [0.29, 0.717) is 32.7 Å². The molecule has 0 fully saturated rings. The number of anilines is 1. The number of ether oxygens (including phenoxy) is 5. The highest BCUT2D eigenvalue weighted by Gasteiger charge is 2.23. The van der Waals surface area contributed by atoms with Crippen LogP contribution in [0.4, 0.5) is 10.6 Å². The Morgan fingerprint density at radius 2 is 1.82 bits per heavy atom. The average molecular weight is 572 g/mol. The summed E-state index contributed by atoms with van der Waals surface area (Å²) in [6.45, 7) is 7.54. The van der Waals surface area contributed by atoms with E-state index in [0.717, 1.165) is 9.47 Å². The summed E-state index contributed by atoms with van der Waals surface area (Å²) in [5.74, 6) is -1.30. The lowest BCUT2D eigenvalue weighted by molar-refractivity contribution is -0.150. The molecule has 0 spiro atoms. The molecule has 0 aliphatic rings. The molecule has 0 aliphatic carbocycles. The first-order valence-electron chi connectivity index (χ1n) is 12.8. The van der Waals surface area contributed by atoms with Crippen molar-refractivity contribution in [3.63, 3.8) is 0 Å². The summed E-state index contributed by atoms with van der Waals surface area (Å²) in [7, 11) is 1.56. The van der Waals surface area contributed by atoms with Crippen molar-refractivity contribution in [3.05, 3.63) is 22.7 Å². The Hall–Kier alpha value is -3.56. The first kappa shape index (κ1) is 34.5. The quantitative estimate of drug-likeness (QED) is 0.131. The van der Waals surface area contributed by atoms with Crippen molar-refractivity contribution >= 4 is 30.2 Å². The molecular formula is C25H41N5O10. The molecule has 0 aromatic carbocycles. The lowest BCUT2D eigenvalue weighted by Gasteiger charge is -2.27. The SMILES string of the molecule is CCCOC(=O)CN(CC(COCCOCCOC)NC=O)C(=O)Cn1ccc(NC(=O)OC(C)(C)C)nc1=O. The molecule has 0 saturated carbocycles. The van der Waals surface area contributed by atoms with Gasteiger partial charge in [0.1, 0.15) is 24.5 Å². The number of hydrogen-bond donors (Lipinski definition) is 2. The minimum Gasteiger partial charge on any atom is -0.464 e. The first-order valence-corrected chi connectivity index (χ1v) is 12.8. The van der Waals surface area contributed by atoms with E-state index in [9.17, 15) is 24.0 Å². The van der Waals surface area contributed by atoms with Crippen LogP contribution in [0.3, 0.4) is 0 Å². The fourth-order valence-electron chi connectivity index (χ4n) is 3.05. The van der Waals surface area contributed by atoms with E-state index >= 15 is 0 Å². The molecule has 1 aromatic rings. The highest BCUT2D eigenvalue weighted by Crippen LogP contribution is 2.09. The number of nitrogens with zero attached hydrogens (tertiary/aromatic N) is 3. The van der Waals surface area contributed by atoms with E-state index in [-0.39, 0.29) is 32.2 Å². The second-order valence-corrected chi connectivity index (χ2v) is 9.51. The van der Waals surface area contributed by atoms with Crippen molar-refractivity contribution in [2.75, 3.05) is 65.2 Å². The number of amides is 3. The molecule has 226 valence electrons. The van der Waals surface area contributed by atoms with Gasteiger partial charge in [-0.05, 0) is 33.3 Å². The van der Waals surface area contributed by atoms with Gasteiger partial charge in [0.15, 0.2) is 0 Å². The summed E-state index contributed by atoms with van der Waals surface area (Å²) >= 11 is 0. The Kier molecular flexibility index (Phi) is 16.1. The van der Waals surface area contributed by atoms with Crippen molar-refractivity contribution in [2.45, 2.75) is 52.3 Å². The second kappa shape index (κ2) is 18.7. The second-order valence-electron chi connectivity index (χ2n) is 9.51. The fourth-order valence-corrected chi connectivity index (χ4v) is 3.05. The summed E-state index contributed by atoms with van der Waals surface area (Å²) in [5, 5.41) is 4.92. The van der Waals surface area contributed by atoms with Gasteiger partial charge in [-0.3, -0.25) is 24.3 Å². The Morgan fingerprint density at radius 3 is 2.45 bits per heavy atom. The number of methoxy groups -OCH3 is 1. The molecule has 15 nitrogen and oxygen atoms in total. The molecule has 0 bridgehead atoms. The van der Waals surface area contributed by atoms with Crippen LogP contribution in [-0.2, 0) is 44.6 Å². The summed E-state index contributed by atoms with van der Waals surface area (Å²) in [5.41, 5.74) is -1.55. The third-order valence-electron chi connectivity index (χ3n) is 4.82. The standard InChI is InChI=1S/C25H41N5O10/c1-6-9-39-22(33)16-30(14-19(26-18-31)17-38-13-12-37-11-10-36-5)21(32)15-29-8-7-20(27-23(29)34)28-24(35)40-25(2,3)4/h7-8,18-19H,6,9-17H2,1-5H3,(H,26,31)(H,27,28,34,35). The Labute approximate surface area is 233 Å². The molecule has 1 aromatic heterocycles. The molecule has 0 radical (unpaired) electrons. The zero-order valence-corrected chi connectivity index (χ0v) is 23.8. The van der Waals surface area contributed by atoms with Crippen LogP contribution in [0.2, 0.25) is 0 Å². The lowest BCUT2D eigenvalue weighted by Crippen LogP contribution is -2.49. The Morgan fingerprint density at radius 1 is 1.12 bits per heavy atom. The number of aromatic nitrogens is 2. The number of hydrogen-bond acceptors (Lipinski definition) is 11. The maximum atomic E-state index is 13.2. The van der Waals surface area contributed by atoms with Crippen LogP contribution in [0.25, 0.3) is 0 Å². The van der Waals surface area contributed by atoms with Crippen LogP contribution in [0.1, 0.15) is 34.1 Å². The summed E-state index contributed by atoms with van der Waals surface area (Å²) < 4.78 is 27.0. The predicted octanol–water partition coefficient (Wildman–Crippen LogP) is 0.166. The smallest absolute Gasteiger partial charge is 0.413 e. The lowest BCUT2D eigenvalue weighted by atomic mass is 10.2. The average Bonchev–Trinajstić information content (AvgIpc) is 2.86. The number of esters is 1. The van der Waals surface area contributed by atoms with E-state index in [1.54, 1.807) is 27.9 Å². The normalized spacial score (nSPS) is 11.8. The Balaban J connectivity index is 2.89. The molecule has 1 heterocycles. The third-order valence-corrected chi connectivity index (χ3v) is 4.82. The van der Waals surface area contributed by atoms with Gasteiger partial charge in [-0.25, -0.2) is 9.59 Å². The first-order chi connectivity index (χ1) is 19.0. The van der Waals surface area contributed by atoms with Crippen molar-refractivity contribution in [1.29, 1.82) is 0 Å². The number of carbonyl (C=O) groups is 4. The van der Waals surface area contributed by atoms with Gasteiger partial charge in [0.05, 0.1) is 45.7 Å². The molecular weight excluding hydrogens is 530 g/mol. The number of carbonyl (C=O) groups excluding carboxylic acids is 4. The van der Waals surface area contributed by atoms with Gasteiger partial charge >= 0.3 is 17.8 Å². The highest BCUT2D eigenvalue weighted by atomic mass is 16.6. The largest absolute Gasteiger partial charge is 0.464 e. The van der Waals surface area contributed by atoms with Crippen molar-refractivity contribution < 1.29 is 42.9 Å². The van der Waals surface area contributed by atoms with Crippen molar-refractivity contribution in [3.8, 4) is 0 Å². The zero-order valence-electron chi connectivity index (χ0n) is 23.8. The van der Waals surface area contributed by atoms with Crippen LogP contribution in [0.5, 0.6) is 0 Å². The molecule has 1 rings (SSSR count). The van der Waals surface area contributed by atoms with Crippen molar-refractivity contribution in [2.24, 2.45) is 0 Å². The minimum absolute atomic E-state index is 0.0344. The summed E-state index contributed by atoms with van der Waals surface area (Å²) in [4.78, 5) is 66.0. The molecule has 0 saturated heterocycles. The summed E-state index contributed by atoms with van der Waals surface area (Å²) in [6, 6.07) is 0.673. The number of nitrogens with one attached hydrogen (secondary N) is 2. The van der Waals surface area contributed by atoms with Crippen LogP contribution in [0.15, 0.2) is 17.1 Å². The van der Waals surface area contributed by atoms with Crippen molar-refractivity contribution in [1.82, 2.24) is 19.8 Å². The predicted molar refractivity (Wildman–Crippen MR) is 143 cm³/mol. The summed E-state index contributed by atoms with van der Waals surface area (Å²) in [6.07, 6.45) is 1.55. The molecule has 2 N–H and O–H groups in total. The van der Waals surface area contributed by atoms with Crippen LogP contribution < -0.4 is 16.3 Å². The van der Waals surface area contributed by atoms with E-state index in [4.69, 9.17) is 23.7 Å². The number of rotatable bonds is 19. The maximum absolute atomic E-state index is 13.2. The molecule has 15 heteroatoms. The molecule has 3 amide bonds. The zero-order chi connectivity index (χ0) is 30.0. The van der Waals surface area contributed by atoms with Gasteiger partial charge in [0.25, 0.3) is 0 Å².